The third-order valence-corrected chi connectivity index (χ3v) is 2.64. The van der Waals surface area contributed by atoms with Crippen molar-refractivity contribution in [1.82, 2.24) is 9.88 Å². The van der Waals surface area contributed by atoms with Gasteiger partial charge < -0.3 is 10.6 Å². The van der Waals surface area contributed by atoms with Crippen molar-refractivity contribution < 1.29 is 4.79 Å². The lowest BCUT2D eigenvalue weighted by Crippen LogP contribution is -2.31. The Labute approximate surface area is 82.7 Å². The number of hydrogen-bond acceptors (Lipinski definition) is 3. The van der Waals surface area contributed by atoms with Crippen molar-refractivity contribution >= 4 is 5.91 Å². The number of amides is 1. The molecule has 4 heteroatoms. The molecule has 14 heavy (non-hydrogen) atoms. The molecule has 2 heterocycles. The van der Waals surface area contributed by atoms with Crippen LogP contribution >= 0.6 is 0 Å². The molecule has 74 valence electrons. The van der Waals surface area contributed by atoms with Crippen molar-refractivity contribution in [3.8, 4) is 0 Å². The summed E-state index contributed by atoms with van der Waals surface area (Å²) >= 11 is 0. The first-order valence-corrected chi connectivity index (χ1v) is 4.63. The van der Waals surface area contributed by atoms with E-state index in [1.807, 2.05) is 18.2 Å². The number of carbonyl (C=O) groups excluding carboxylic acids is 1. The lowest BCUT2D eigenvalue weighted by molar-refractivity contribution is -0.128. The van der Waals surface area contributed by atoms with Gasteiger partial charge in [-0.1, -0.05) is 6.07 Å². The van der Waals surface area contributed by atoms with E-state index in [0.29, 0.717) is 6.42 Å². The Morgan fingerprint density at radius 3 is 2.86 bits per heavy atom. The Hall–Kier alpha value is -1.42. The normalized spacial score (nSPS) is 27.0. The van der Waals surface area contributed by atoms with E-state index in [-0.39, 0.29) is 18.0 Å². The van der Waals surface area contributed by atoms with Crippen molar-refractivity contribution in [2.24, 2.45) is 5.73 Å². The highest BCUT2D eigenvalue weighted by Gasteiger charge is 2.36. The van der Waals surface area contributed by atoms with E-state index in [0.717, 1.165) is 5.69 Å². The third-order valence-electron chi connectivity index (χ3n) is 2.64. The molecule has 1 saturated heterocycles. The predicted octanol–water partition coefficient (Wildman–Crippen LogP) is 0.312. The van der Waals surface area contributed by atoms with Gasteiger partial charge in [0, 0.05) is 13.2 Å². The number of aromatic nitrogens is 1. The Kier molecular flexibility index (Phi) is 2.21. The molecule has 2 N–H and O–H groups in total. The Morgan fingerprint density at radius 1 is 1.57 bits per heavy atom. The molecule has 0 radical (unpaired) electrons. The van der Waals surface area contributed by atoms with Crippen LogP contribution in [0.2, 0.25) is 0 Å². The number of rotatable bonds is 1. The van der Waals surface area contributed by atoms with Gasteiger partial charge in [0.15, 0.2) is 0 Å². The lowest BCUT2D eigenvalue weighted by Gasteiger charge is -2.18. The van der Waals surface area contributed by atoms with E-state index >= 15 is 0 Å². The molecule has 1 aromatic rings. The molecular weight excluding hydrogens is 178 g/mol. The topological polar surface area (TPSA) is 59.2 Å². The number of carbonyl (C=O) groups is 1. The standard InChI is InChI=1S/C10H13N3O/c1-13-9(6-7(11)10(13)14)8-4-2-3-5-12-8/h2-5,7,9H,6,11H2,1H3/t7-,9-/m1/s1. The molecule has 1 amide bonds. The first-order chi connectivity index (χ1) is 6.70. The zero-order chi connectivity index (χ0) is 10.1. The quantitative estimate of drug-likeness (QED) is 0.695. The molecule has 4 nitrogen and oxygen atoms in total. The summed E-state index contributed by atoms with van der Waals surface area (Å²) in [4.78, 5) is 17.4. The van der Waals surface area contributed by atoms with Gasteiger partial charge in [0.1, 0.15) is 0 Å². The SMILES string of the molecule is CN1C(=O)[C@H](N)C[C@@H]1c1ccccn1. The first-order valence-electron chi connectivity index (χ1n) is 4.63. The Bertz CT molecular complexity index is 338. The zero-order valence-electron chi connectivity index (χ0n) is 8.05. The molecule has 2 rings (SSSR count). The molecule has 0 aromatic carbocycles. The second kappa shape index (κ2) is 3.38. The maximum absolute atomic E-state index is 11.5. The number of nitrogens with two attached hydrogens (primary N) is 1. The van der Waals surface area contributed by atoms with Gasteiger partial charge in [-0.2, -0.15) is 0 Å². The van der Waals surface area contributed by atoms with Gasteiger partial charge in [-0.25, -0.2) is 0 Å². The van der Waals surface area contributed by atoms with Crippen LogP contribution in [0.25, 0.3) is 0 Å². The van der Waals surface area contributed by atoms with Gasteiger partial charge in [-0.05, 0) is 18.6 Å². The van der Waals surface area contributed by atoms with Crippen LogP contribution in [0.3, 0.4) is 0 Å². The largest absolute Gasteiger partial charge is 0.336 e. The highest BCUT2D eigenvalue weighted by molar-refractivity contribution is 5.84. The summed E-state index contributed by atoms with van der Waals surface area (Å²) < 4.78 is 0. The first kappa shape index (κ1) is 9.15. The minimum Gasteiger partial charge on any atom is -0.336 e. The minimum atomic E-state index is -0.369. The molecule has 0 saturated carbocycles. The van der Waals surface area contributed by atoms with Gasteiger partial charge in [0.05, 0.1) is 17.8 Å². The summed E-state index contributed by atoms with van der Waals surface area (Å²) in [6.07, 6.45) is 2.39. The van der Waals surface area contributed by atoms with Crippen LogP contribution in [-0.4, -0.2) is 28.9 Å². The number of pyridine rings is 1. The van der Waals surface area contributed by atoms with Crippen molar-refractivity contribution in [1.29, 1.82) is 0 Å². The van der Waals surface area contributed by atoms with Crippen molar-refractivity contribution in [3.05, 3.63) is 30.1 Å². The van der Waals surface area contributed by atoms with Crippen LogP contribution in [0.5, 0.6) is 0 Å². The Balaban J connectivity index is 2.26. The van der Waals surface area contributed by atoms with Gasteiger partial charge in [0.25, 0.3) is 0 Å². The molecule has 0 aliphatic carbocycles. The fourth-order valence-corrected chi connectivity index (χ4v) is 1.81. The van der Waals surface area contributed by atoms with Crippen LogP contribution in [0.15, 0.2) is 24.4 Å². The van der Waals surface area contributed by atoms with E-state index in [9.17, 15) is 4.79 Å². The van der Waals surface area contributed by atoms with Crippen molar-refractivity contribution in [2.75, 3.05) is 7.05 Å². The molecule has 1 aromatic heterocycles. The summed E-state index contributed by atoms with van der Waals surface area (Å²) in [6.45, 7) is 0. The molecule has 1 fully saturated rings. The highest BCUT2D eigenvalue weighted by Crippen LogP contribution is 2.28. The van der Waals surface area contributed by atoms with E-state index in [2.05, 4.69) is 4.98 Å². The smallest absolute Gasteiger partial charge is 0.239 e. The summed E-state index contributed by atoms with van der Waals surface area (Å²) in [5, 5.41) is 0. The van der Waals surface area contributed by atoms with Crippen LogP contribution in [0, 0.1) is 0 Å². The number of likely N-dealkylation sites (N-methyl/N-ethyl adjacent to an activating group) is 1. The van der Waals surface area contributed by atoms with Crippen LogP contribution in [0.1, 0.15) is 18.2 Å². The van der Waals surface area contributed by atoms with Crippen LogP contribution < -0.4 is 5.73 Å². The Morgan fingerprint density at radius 2 is 2.36 bits per heavy atom. The second-order valence-corrected chi connectivity index (χ2v) is 3.56. The predicted molar refractivity (Wildman–Crippen MR) is 52.3 cm³/mol. The molecule has 1 aliphatic heterocycles. The summed E-state index contributed by atoms with van der Waals surface area (Å²) in [6, 6.07) is 5.38. The van der Waals surface area contributed by atoms with Gasteiger partial charge in [0.2, 0.25) is 5.91 Å². The lowest BCUT2D eigenvalue weighted by atomic mass is 10.1. The van der Waals surface area contributed by atoms with Gasteiger partial charge in [-0.3, -0.25) is 9.78 Å². The number of nitrogens with zero attached hydrogens (tertiary/aromatic N) is 2. The average molecular weight is 191 g/mol. The summed E-state index contributed by atoms with van der Waals surface area (Å²) in [5.41, 5.74) is 6.59. The molecular formula is C10H13N3O. The fourth-order valence-electron chi connectivity index (χ4n) is 1.81. The molecule has 0 bridgehead atoms. The highest BCUT2D eigenvalue weighted by atomic mass is 16.2. The monoisotopic (exact) mass is 191 g/mol. The summed E-state index contributed by atoms with van der Waals surface area (Å²) in [5.74, 6) is 0.000605. The van der Waals surface area contributed by atoms with E-state index < -0.39 is 0 Å². The second-order valence-electron chi connectivity index (χ2n) is 3.56. The third kappa shape index (κ3) is 1.37. The van der Waals surface area contributed by atoms with Crippen molar-refractivity contribution in [3.63, 3.8) is 0 Å². The number of likely N-dealkylation sites (tertiary alicyclic amines) is 1. The zero-order valence-corrected chi connectivity index (χ0v) is 8.05. The van der Waals surface area contributed by atoms with Gasteiger partial charge in [-0.15, -0.1) is 0 Å². The minimum absolute atomic E-state index is 0.000605. The maximum Gasteiger partial charge on any atom is 0.239 e. The van der Waals surface area contributed by atoms with E-state index in [1.54, 1.807) is 18.1 Å². The molecule has 0 unspecified atom stereocenters. The fraction of sp³-hybridized carbons (Fsp3) is 0.400. The molecule has 1 aliphatic rings. The summed E-state index contributed by atoms with van der Waals surface area (Å²) in [7, 11) is 1.77. The van der Waals surface area contributed by atoms with Gasteiger partial charge >= 0.3 is 0 Å². The van der Waals surface area contributed by atoms with Crippen LogP contribution in [0.4, 0.5) is 0 Å². The van der Waals surface area contributed by atoms with E-state index in [1.165, 1.54) is 0 Å². The molecule has 2 atom stereocenters. The van der Waals surface area contributed by atoms with E-state index in [4.69, 9.17) is 5.73 Å². The number of hydrogen-bond donors (Lipinski definition) is 1. The van der Waals surface area contributed by atoms with Crippen molar-refractivity contribution in [2.45, 2.75) is 18.5 Å². The average Bonchev–Trinajstić information content (AvgIpc) is 2.47. The molecule has 0 spiro atoms. The van der Waals surface area contributed by atoms with Crippen LogP contribution in [-0.2, 0) is 4.79 Å². The maximum atomic E-state index is 11.5.